The van der Waals surface area contributed by atoms with Gasteiger partial charge in [-0.05, 0) is 24.4 Å². The quantitative estimate of drug-likeness (QED) is 0.797. The lowest BCUT2D eigenvalue weighted by Gasteiger charge is -1.98. The zero-order chi connectivity index (χ0) is 11.7. The highest BCUT2D eigenvalue weighted by Gasteiger charge is 2.21. The predicted octanol–water partition coefficient (Wildman–Crippen LogP) is 1.18. The maximum atomic E-state index is 11.7. The molecule has 0 fully saturated rings. The minimum Gasteiger partial charge on any atom is -0.462 e. The van der Waals surface area contributed by atoms with Gasteiger partial charge in [0, 0.05) is 0 Å². The van der Waals surface area contributed by atoms with Gasteiger partial charge in [0.1, 0.15) is 10.3 Å². The summed E-state index contributed by atoms with van der Waals surface area (Å²) in [6.45, 7) is 3.99. The van der Waals surface area contributed by atoms with E-state index in [9.17, 15) is 4.79 Å². The summed E-state index contributed by atoms with van der Waals surface area (Å²) in [5, 5.41) is 0.801. The zero-order valence-electron chi connectivity index (χ0n) is 9.03. The number of rotatable bonds is 2. The van der Waals surface area contributed by atoms with E-state index in [2.05, 4.69) is 9.97 Å². The molecule has 5 nitrogen and oxygen atoms in total. The van der Waals surface area contributed by atoms with Crippen molar-refractivity contribution in [3.8, 4) is 0 Å². The Morgan fingerprint density at radius 2 is 2.44 bits per heavy atom. The van der Waals surface area contributed by atoms with Gasteiger partial charge >= 0.3 is 5.97 Å². The van der Waals surface area contributed by atoms with Crippen LogP contribution in [-0.2, 0) is 4.74 Å². The lowest BCUT2D eigenvalue weighted by molar-refractivity contribution is -0.346. The van der Waals surface area contributed by atoms with Crippen LogP contribution in [0.15, 0.2) is 6.33 Å². The Hall–Kier alpha value is -1.69. The normalized spacial score (nSPS) is 10.6. The number of anilines is 1. The molecule has 2 aromatic heterocycles. The molecule has 0 saturated carbocycles. The number of nitrogen functional groups attached to an aromatic ring is 1. The fourth-order valence-corrected chi connectivity index (χ4v) is 2.61. The van der Waals surface area contributed by atoms with Crippen molar-refractivity contribution in [1.82, 2.24) is 4.98 Å². The first-order chi connectivity index (χ1) is 7.65. The number of carbonyl (C=O) groups is 1. The molecule has 0 atom stereocenters. The Morgan fingerprint density at radius 1 is 1.69 bits per heavy atom. The molecule has 6 heteroatoms. The van der Waals surface area contributed by atoms with Crippen molar-refractivity contribution in [3.05, 3.63) is 16.8 Å². The average Bonchev–Trinajstić information content (AvgIpc) is 2.58. The van der Waals surface area contributed by atoms with E-state index in [-0.39, 0.29) is 5.97 Å². The highest BCUT2D eigenvalue weighted by Crippen LogP contribution is 2.30. The van der Waals surface area contributed by atoms with Crippen molar-refractivity contribution in [1.29, 1.82) is 0 Å². The molecule has 0 aromatic carbocycles. The van der Waals surface area contributed by atoms with E-state index in [1.165, 1.54) is 17.7 Å². The van der Waals surface area contributed by atoms with Gasteiger partial charge in [-0.15, -0.1) is 0 Å². The maximum absolute atomic E-state index is 11.7. The van der Waals surface area contributed by atoms with Crippen molar-refractivity contribution in [2.75, 3.05) is 12.3 Å². The van der Waals surface area contributed by atoms with Gasteiger partial charge in [0.05, 0.1) is 6.61 Å². The summed E-state index contributed by atoms with van der Waals surface area (Å²) in [6.07, 6.45) is 1.52. The Labute approximate surface area is 96.3 Å². The van der Waals surface area contributed by atoms with Gasteiger partial charge in [-0.25, -0.2) is 9.78 Å². The topological polar surface area (TPSA) is 79.3 Å². The summed E-state index contributed by atoms with van der Waals surface area (Å²) in [5.74, 6) is 0.118. The molecule has 0 spiro atoms. The molecule has 0 unspecified atom stereocenters. The molecule has 84 valence electrons. The van der Waals surface area contributed by atoms with Gasteiger partial charge in [0.2, 0.25) is 0 Å². The summed E-state index contributed by atoms with van der Waals surface area (Å²) >= 11 is 1.34. The van der Waals surface area contributed by atoms with Crippen LogP contribution in [0.5, 0.6) is 0 Å². The number of ether oxygens (including phenoxy) is 1. The molecule has 16 heavy (non-hydrogen) atoms. The molecule has 0 aliphatic heterocycles. The van der Waals surface area contributed by atoms with E-state index in [1.54, 1.807) is 6.92 Å². The Bertz CT molecular complexity index is 550. The largest absolute Gasteiger partial charge is 0.462 e. The van der Waals surface area contributed by atoms with Gasteiger partial charge in [0.15, 0.2) is 4.83 Å². The minimum atomic E-state index is -0.311. The number of hydrogen-bond acceptors (Lipinski definition) is 5. The molecule has 2 aromatic rings. The fourth-order valence-electron chi connectivity index (χ4n) is 1.54. The number of nitrogens with two attached hydrogens (primary N) is 1. The van der Waals surface area contributed by atoms with Gasteiger partial charge in [0.25, 0.3) is 12.1 Å². The summed E-state index contributed by atoms with van der Waals surface area (Å²) in [7, 11) is 0. The number of aryl methyl sites for hydroxylation is 1. The SMILES string of the molecule is CCOC(=O)c1sc2[nH+]cnc(N)c2c1C. The van der Waals surface area contributed by atoms with Crippen LogP contribution in [0.25, 0.3) is 10.2 Å². The van der Waals surface area contributed by atoms with E-state index in [0.717, 1.165) is 15.8 Å². The monoisotopic (exact) mass is 238 g/mol. The molecular weight excluding hydrogens is 226 g/mol. The number of H-pyrrole nitrogens is 1. The van der Waals surface area contributed by atoms with Gasteiger partial charge in [-0.1, -0.05) is 11.3 Å². The summed E-state index contributed by atoms with van der Waals surface area (Å²) in [4.78, 5) is 20.0. The van der Waals surface area contributed by atoms with E-state index in [0.29, 0.717) is 17.3 Å². The second-order valence-electron chi connectivity index (χ2n) is 3.27. The van der Waals surface area contributed by atoms with Crippen LogP contribution < -0.4 is 10.7 Å². The molecule has 0 radical (unpaired) electrons. The minimum absolute atomic E-state index is 0.311. The van der Waals surface area contributed by atoms with Crippen LogP contribution >= 0.6 is 11.3 Å². The van der Waals surface area contributed by atoms with Crippen LogP contribution in [0.3, 0.4) is 0 Å². The number of nitrogens with zero attached hydrogens (tertiary/aromatic N) is 1. The number of hydrogen-bond donors (Lipinski definition) is 1. The molecule has 2 rings (SSSR count). The molecule has 3 N–H and O–H groups in total. The first kappa shape index (κ1) is 10.8. The van der Waals surface area contributed by atoms with E-state index >= 15 is 0 Å². The Balaban J connectivity index is 2.61. The third-order valence-corrected chi connectivity index (χ3v) is 3.47. The second kappa shape index (κ2) is 4.05. The number of esters is 1. The van der Waals surface area contributed by atoms with E-state index in [4.69, 9.17) is 10.5 Å². The average molecular weight is 238 g/mol. The first-order valence-corrected chi connectivity index (χ1v) is 5.69. The van der Waals surface area contributed by atoms with E-state index < -0.39 is 0 Å². The third kappa shape index (κ3) is 1.61. The van der Waals surface area contributed by atoms with Crippen LogP contribution in [-0.4, -0.2) is 17.6 Å². The fraction of sp³-hybridized carbons (Fsp3) is 0.300. The van der Waals surface area contributed by atoms with Gasteiger partial charge < -0.3 is 10.5 Å². The van der Waals surface area contributed by atoms with E-state index in [1.807, 2.05) is 6.92 Å². The van der Waals surface area contributed by atoms with Crippen molar-refractivity contribution in [2.45, 2.75) is 13.8 Å². The first-order valence-electron chi connectivity index (χ1n) is 4.87. The van der Waals surface area contributed by atoms with Crippen molar-refractivity contribution < 1.29 is 14.5 Å². The highest BCUT2D eigenvalue weighted by molar-refractivity contribution is 7.20. The molecule has 0 amide bonds. The number of aromatic amines is 1. The smallest absolute Gasteiger partial charge is 0.348 e. The molecular formula is C10H12N3O2S+. The molecule has 0 aliphatic carbocycles. The van der Waals surface area contributed by atoms with Crippen LogP contribution in [0.1, 0.15) is 22.2 Å². The Kier molecular flexibility index (Phi) is 2.74. The number of thiophene rings is 1. The van der Waals surface area contributed by atoms with Crippen molar-refractivity contribution in [3.63, 3.8) is 0 Å². The van der Waals surface area contributed by atoms with Gasteiger partial charge in [-0.3, -0.25) is 0 Å². The highest BCUT2D eigenvalue weighted by atomic mass is 32.1. The molecule has 0 bridgehead atoms. The summed E-state index contributed by atoms with van der Waals surface area (Å²) in [6, 6.07) is 0. The number of carbonyl (C=O) groups excluding carboxylic acids is 1. The number of fused-ring (bicyclic) bond motifs is 1. The van der Waals surface area contributed by atoms with Crippen molar-refractivity contribution in [2.24, 2.45) is 0 Å². The van der Waals surface area contributed by atoms with Crippen molar-refractivity contribution >= 4 is 33.3 Å². The van der Waals surface area contributed by atoms with Crippen LogP contribution in [0, 0.1) is 6.92 Å². The zero-order valence-corrected chi connectivity index (χ0v) is 9.85. The van der Waals surface area contributed by atoms with Gasteiger partial charge in [-0.2, -0.15) is 0 Å². The second-order valence-corrected chi connectivity index (χ2v) is 4.29. The Morgan fingerprint density at radius 3 is 3.06 bits per heavy atom. The summed E-state index contributed by atoms with van der Waals surface area (Å²) < 4.78 is 4.97. The summed E-state index contributed by atoms with van der Waals surface area (Å²) in [5.41, 5.74) is 6.59. The van der Waals surface area contributed by atoms with Crippen LogP contribution in [0.2, 0.25) is 0 Å². The lowest BCUT2D eigenvalue weighted by atomic mass is 10.2. The number of aromatic nitrogens is 2. The predicted molar refractivity (Wildman–Crippen MR) is 61.3 cm³/mol. The number of nitrogens with one attached hydrogen (secondary N) is 1. The molecule has 2 heterocycles. The maximum Gasteiger partial charge on any atom is 0.348 e. The molecule has 0 saturated heterocycles. The van der Waals surface area contributed by atoms with Crippen LogP contribution in [0.4, 0.5) is 5.82 Å². The molecule has 0 aliphatic rings. The lowest BCUT2D eigenvalue weighted by Crippen LogP contribution is -2.05. The standard InChI is InChI=1S/C10H11N3O2S/c1-3-15-10(14)7-5(2)6-8(11)12-4-13-9(6)16-7/h4H,3H2,1-2H3,(H2,11,12,13)/p+1. The third-order valence-electron chi connectivity index (χ3n) is 2.26.